The van der Waals surface area contributed by atoms with Crippen LogP contribution in [-0.4, -0.2) is 29.1 Å². The summed E-state index contributed by atoms with van der Waals surface area (Å²) in [6.45, 7) is 3.67. The molecule has 1 unspecified atom stereocenters. The van der Waals surface area contributed by atoms with Gasteiger partial charge in [0.2, 0.25) is 11.8 Å². The van der Waals surface area contributed by atoms with Crippen molar-refractivity contribution in [2.24, 2.45) is 5.92 Å². The van der Waals surface area contributed by atoms with Crippen LogP contribution in [-0.2, 0) is 11.2 Å². The first-order valence-electron chi connectivity index (χ1n) is 8.10. The van der Waals surface area contributed by atoms with Gasteiger partial charge < -0.3 is 15.2 Å². The molecule has 1 fully saturated rings. The van der Waals surface area contributed by atoms with E-state index in [0.29, 0.717) is 18.1 Å². The number of piperidine rings is 1. The highest BCUT2D eigenvalue weighted by Gasteiger charge is 2.24. The van der Waals surface area contributed by atoms with Crippen molar-refractivity contribution in [3.8, 4) is 0 Å². The van der Waals surface area contributed by atoms with Crippen LogP contribution >= 0.6 is 0 Å². The maximum absolute atomic E-state index is 12.3. The Kier molecular flexibility index (Phi) is 5.02. The van der Waals surface area contributed by atoms with Gasteiger partial charge in [0.1, 0.15) is 6.04 Å². The number of hydrogen-bond donors (Lipinski definition) is 2. The number of hydrogen-bond acceptors (Lipinski definition) is 5. The van der Waals surface area contributed by atoms with E-state index in [-0.39, 0.29) is 17.9 Å². The monoisotopic (exact) mass is 314 g/mol. The lowest BCUT2D eigenvalue weighted by Crippen LogP contribution is -2.39. The SMILES string of the molecule is CC(NC(=O)C1CCNCC1)c1nc(Cc2ccccc2)no1. The van der Waals surface area contributed by atoms with Crippen molar-refractivity contribution in [1.82, 2.24) is 20.8 Å². The van der Waals surface area contributed by atoms with E-state index in [9.17, 15) is 4.79 Å². The molecule has 6 heteroatoms. The standard InChI is InChI=1S/C17H22N4O2/c1-12(19-16(22)14-7-9-18-10-8-14)17-20-15(21-23-17)11-13-5-3-2-4-6-13/h2-6,12,14,18H,7-11H2,1H3,(H,19,22). The smallest absolute Gasteiger partial charge is 0.248 e. The molecule has 122 valence electrons. The van der Waals surface area contributed by atoms with Crippen LogP contribution in [0.5, 0.6) is 0 Å². The second-order valence-corrected chi connectivity index (χ2v) is 5.97. The Bertz CT molecular complexity index is 635. The van der Waals surface area contributed by atoms with Crippen LogP contribution in [0.3, 0.4) is 0 Å². The van der Waals surface area contributed by atoms with E-state index in [1.54, 1.807) is 0 Å². The van der Waals surface area contributed by atoms with Gasteiger partial charge in [0, 0.05) is 12.3 Å². The third-order valence-corrected chi connectivity index (χ3v) is 4.13. The zero-order valence-corrected chi connectivity index (χ0v) is 13.3. The summed E-state index contributed by atoms with van der Waals surface area (Å²) in [5.74, 6) is 1.24. The van der Waals surface area contributed by atoms with E-state index in [2.05, 4.69) is 20.8 Å². The first-order valence-corrected chi connectivity index (χ1v) is 8.10. The minimum Gasteiger partial charge on any atom is -0.344 e. The summed E-state index contributed by atoms with van der Waals surface area (Å²) in [5.41, 5.74) is 1.13. The Hall–Kier alpha value is -2.21. The molecule has 6 nitrogen and oxygen atoms in total. The van der Waals surface area contributed by atoms with E-state index < -0.39 is 0 Å². The quantitative estimate of drug-likeness (QED) is 0.880. The number of rotatable bonds is 5. The molecule has 1 saturated heterocycles. The molecule has 1 aromatic heterocycles. The molecule has 2 N–H and O–H groups in total. The molecule has 1 aliphatic heterocycles. The van der Waals surface area contributed by atoms with Crippen molar-refractivity contribution in [2.75, 3.05) is 13.1 Å². The van der Waals surface area contributed by atoms with E-state index in [0.717, 1.165) is 31.5 Å². The molecule has 1 aromatic carbocycles. The lowest BCUT2D eigenvalue weighted by atomic mass is 9.97. The van der Waals surface area contributed by atoms with E-state index in [1.807, 2.05) is 37.3 Å². The molecule has 3 rings (SSSR count). The first kappa shape index (κ1) is 15.7. The highest BCUT2D eigenvalue weighted by Crippen LogP contribution is 2.16. The van der Waals surface area contributed by atoms with Gasteiger partial charge in [-0.1, -0.05) is 35.5 Å². The van der Waals surface area contributed by atoms with Gasteiger partial charge in [-0.2, -0.15) is 4.98 Å². The fraction of sp³-hybridized carbons (Fsp3) is 0.471. The second kappa shape index (κ2) is 7.37. The van der Waals surface area contributed by atoms with Crippen LogP contribution in [0.25, 0.3) is 0 Å². The van der Waals surface area contributed by atoms with Gasteiger partial charge in [-0.3, -0.25) is 4.79 Å². The molecule has 2 aromatic rings. The molecule has 1 aliphatic rings. The van der Waals surface area contributed by atoms with Crippen molar-refractivity contribution >= 4 is 5.91 Å². The summed E-state index contributed by atoms with van der Waals surface area (Å²) >= 11 is 0. The number of aromatic nitrogens is 2. The molecule has 0 bridgehead atoms. The molecule has 1 atom stereocenters. The number of benzene rings is 1. The van der Waals surface area contributed by atoms with Crippen LogP contribution in [0.15, 0.2) is 34.9 Å². The van der Waals surface area contributed by atoms with Gasteiger partial charge in [0.15, 0.2) is 5.82 Å². The Labute approximate surface area is 135 Å². The average molecular weight is 314 g/mol. The minimum absolute atomic E-state index is 0.0711. The van der Waals surface area contributed by atoms with Gasteiger partial charge in [-0.15, -0.1) is 0 Å². The van der Waals surface area contributed by atoms with Crippen LogP contribution in [0.1, 0.15) is 43.1 Å². The lowest BCUT2D eigenvalue weighted by Gasteiger charge is -2.22. The predicted octanol–water partition coefficient (Wildman–Crippen LogP) is 1.84. The molecule has 0 aliphatic carbocycles. The Morgan fingerprint density at radius 3 is 2.83 bits per heavy atom. The Morgan fingerprint density at radius 2 is 2.09 bits per heavy atom. The summed E-state index contributed by atoms with van der Waals surface area (Å²) in [4.78, 5) is 16.6. The normalized spacial score (nSPS) is 16.9. The van der Waals surface area contributed by atoms with Crippen LogP contribution in [0.2, 0.25) is 0 Å². The number of carbonyl (C=O) groups excluding carboxylic acids is 1. The average Bonchev–Trinajstić information content (AvgIpc) is 3.05. The highest BCUT2D eigenvalue weighted by atomic mass is 16.5. The maximum atomic E-state index is 12.3. The topological polar surface area (TPSA) is 80.0 Å². The lowest BCUT2D eigenvalue weighted by molar-refractivity contribution is -0.126. The third-order valence-electron chi connectivity index (χ3n) is 4.13. The summed E-state index contributed by atoms with van der Waals surface area (Å²) in [6.07, 6.45) is 2.38. The fourth-order valence-electron chi connectivity index (χ4n) is 2.77. The first-order chi connectivity index (χ1) is 11.2. The molecule has 2 heterocycles. The Morgan fingerprint density at radius 1 is 1.35 bits per heavy atom. The second-order valence-electron chi connectivity index (χ2n) is 5.97. The number of nitrogens with one attached hydrogen (secondary N) is 2. The van der Waals surface area contributed by atoms with Gasteiger partial charge >= 0.3 is 0 Å². The molecule has 0 saturated carbocycles. The molecule has 0 radical (unpaired) electrons. The molecule has 23 heavy (non-hydrogen) atoms. The largest absolute Gasteiger partial charge is 0.344 e. The fourth-order valence-corrected chi connectivity index (χ4v) is 2.77. The van der Waals surface area contributed by atoms with Crippen molar-refractivity contribution in [3.05, 3.63) is 47.6 Å². The number of nitrogens with zero attached hydrogens (tertiary/aromatic N) is 2. The predicted molar refractivity (Wildman–Crippen MR) is 85.7 cm³/mol. The Balaban J connectivity index is 1.57. The molecular weight excluding hydrogens is 292 g/mol. The zero-order valence-electron chi connectivity index (χ0n) is 13.3. The summed E-state index contributed by atoms with van der Waals surface area (Å²) < 4.78 is 5.30. The molecule has 0 spiro atoms. The van der Waals surface area contributed by atoms with E-state index in [1.165, 1.54) is 0 Å². The third kappa shape index (κ3) is 4.16. The van der Waals surface area contributed by atoms with E-state index in [4.69, 9.17) is 4.52 Å². The summed E-state index contributed by atoms with van der Waals surface area (Å²) in [7, 11) is 0. The zero-order chi connectivity index (χ0) is 16.1. The van der Waals surface area contributed by atoms with Crippen LogP contribution in [0, 0.1) is 5.92 Å². The highest BCUT2D eigenvalue weighted by molar-refractivity contribution is 5.79. The maximum Gasteiger partial charge on any atom is 0.248 e. The van der Waals surface area contributed by atoms with Crippen molar-refractivity contribution < 1.29 is 9.32 Å². The molecule has 1 amide bonds. The van der Waals surface area contributed by atoms with Crippen molar-refractivity contribution in [1.29, 1.82) is 0 Å². The van der Waals surface area contributed by atoms with Gasteiger partial charge in [0.05, 0.1) is 0 Å². The van der Waals surface area contributed by atoms with Crippen molar-refractivity contribution in [2.45, 2.75) is 32.2 Å². The molecular formula is C17H22N4O2. The van der Waals surface area contributed by atoms with Crippen molar-refractivity contribution in [3.63, 3.8) is 0 Å². The van der Waals surface area contributed by atoms with Crippen LogP contribution in [0.4, 0.5) is 0 Å². The van der Waals surface area contributed by atoms with Gasteiger partial charge in [-0.05, 0) is 38.4 Å². The van der Waals surface area contributed by atoms with E-state index >= 15 is 0 Å². The van der Waals surface area contributed by atoms with Gasteiger partial charge in [-0.25, -0.2) is 0 Å². The minimum atomic E-state index is -0.269. The summed E-state index contributed by atoms with van der Waals surface area (Å²) in [6, 6.07) is 9.73. The van der Waals surface area contributed by atoms with Gasteiger partial charge in [0.25, 0.3) is 0 Å². The number of amides is 1. The summed E-state index contributed by atoms with van der Waals surface area (Å²) in [5, 5.41) is 10.2. The van der Waals surface area contributed by atoms with Crippen LogP contribution < -0.4 is 10.6 Å². The number of carbonyl (C=O) groups is 1.